The van der Waals surface area contributed by atoms with Gasteiger partial charge in [-0.1, -0.05) is 38.2 Å². The lowest BCUT2D eigenvalue weighted by Crippen LogP contribution is -2.30. The number of hydrogen-bond acceptors (Lipinski definition) is 2. The Morgan fingerprint density at radius 1 is 1.37 bits per heavy atom. The van der Waals surface area contributed by atoms with Crippen molar-refractivity contribution in [2.45, 2.75) is 39.8 Å². The monoisotopic (exact) mass is 282 g/mol. The molecule has 0 aliphatic rings. The van der Waals surface area contributed by atoms with Gasteiger partial charge in [-0.25, -0.2) is 4.39 Å². The largest absolute Gasteiger partial charge is 0.389 e. The average molecular weight is 282 g/mol. The Morgan fingerprint density at radius 3 is 2.47 bits per heavy atom. The highest BCUT2D eigenvalue weighted by Crippen LogP contribution is 2.16. The van der Waals surface area contributed by atoms with Crippen molar-refractivity contribution in [3.8, 4) is 0 Å². The summed E-state index contributed by atoms with van der Waals surface area (Å²) in [6.45, 7) is 7.16. The third-order valence-electron chi connectivity index (χ3n) is 3.32. The molecule has 0 aliphatic heterocycles. The van der Waals surface area contributed by atoms with Crippen LogP contribution in [0.5, 0.6) is 0 Å². The molecule has 0 spiro atoms. The normalized spacial score (nSPS) is 13.0. The highest BCUT2D eigenvalue weighted by atomic mass is 32.1. The topological polar surface area (TPSA) is 29.3 Å². The maximum Gasteiger partial charge on any atom is 0.128 e. The Labute approximate surface area is 120 Å². The molecule has 0 fully saturated rings. The van der Waals surface area contributed by atoms with E-state index in [1.165, 1.54) is 6.07 Å². The number of nitrogens with zero attached hydrogens (tertiary/aromatic N) is 1. The van der Waals surface area contributed by atoms with Gasteiger partial charge in [0.15, 0.2) is 0 Å². The van der Waals surface area contributed by atoms with E-state index in [1.807, 2.05) is 7.05 Å². The summed E-state index contributed by atoms with van der Waals surface area (Å²) in [4.78, 5) is 2.39. The van der Waals surface area contributed by atoms with E-state index in [4.69, 9.17) is 18.0 Å². The Hall–Kier alpha value is -1.00. The quantitative estimate of drug-likeness (QED) is 0.812. The molecule has 19 heavy (non-hydrogen) atoms. The molecular formula is C15H23FN2S. The van der Waals surface area contributed by atoms with Gasteiger partial charge in [-0.3, -0.25) is 4.90 Å². The minimum absolute atomic E-state index is 0.229. The van der Waals surface area contributed by atoms with Gasteiger partial charge >= 0.3 is 0 Å². The summed E-state index contributed by atoms with van der Waals surface area (Å²) in [5.41, 5.74) is 6.75. The van der Waals surface area contributed by atoms with E-state index in [-0.39, 0.29) is 10.8 Å². The highest BCUT2D eigenvalue weighted by molar-refractivity contribution is 7.80. The van der Waals surface area contributed by atoms with E-state index >= 15 is 0 Å². The van der Waals surface area contributed by atoms with Crippen LogP contribution in [-0.4, -0.2) is 23.0 Å². The number of nitrogens with two attached hydrogens (primary N) is 1. The Balaban J connectivity index is 2.74. The van der Waals surface area contributed by atoms with Crippen molar-refractivity contribution in [1.29, 1.82) is 0 Å². The van der Waals surface area contributed by atoms with E-state index in [2.05, 4.69) is 25.7 Å². The van der Waals surface area contributed by atoms with E-state index in [0.29, 0.717) is 29.6 Å². The molecule has 0 heterocycles. The molecule has 0 saturated carbocycles. The molecule has 2 nitrogen and oxygen atoms in total. The van der Waals surface area contributed by atoms with Crippen LogP contribution in [-0.2, 0) is 6.54 Å². The molecule has 1 atom stereocenters. The molecular weight excluding hydrogens is 259 g/mol. The van der Waals surface area contributed by atoms with E-state index in [9.17, 15) is 4.39 Å². The first-order chi connectivity index (χ1) is 8.81. The van der Waals surface area contributed by atoms with Gasteiger partial charge in [0.2, 0.25) is 0 Å². The highest BCUT2D eigenvalue weighted by Gasteiger charge is 2.13. The molecule has 1 rings (SSSR count). The zero-order valence-electron chi connectivity index (χ0n) is 12.1. The Morgan fingerprint density at radius 2 is 2.00 bits per heavy atom. The maximum atomic E-state index is 14.0. The fraction of sp³-hybridized carbons (Fsp3) is 0.533. The number of thiocarbonyl (C=S) groups is 1. The second-order valence-electron chi connectivity index (χ2n) is 5.56. The Kier molecular flexibility index (Phi) is 5.88. The van der Waals surface area contributed by atoms with Crippen LogP contribution in [0.25, 0.3) is 0 Å². The number of hydrogen-bond donors (Lipinski definition) is 1. The number of benzene rings is 1. The van der Waals surface area contributed by atoms with E-state index in [0.717, 1.165) is 6.42 Å². The van der Waals surface area contributed by atoms with Crippen molar-refractivity contribution in [2.75, 3.05) is 7.05 Å². The number of rotatable bonds is 6. The molecule has 1 aromatic carbocycles. The van der Waals surface area contributed by atoms with Gasteiger partial charge in [0.25, 0.3) is 0 Å². The third-order valence-corrected chi connectivity index (χ3v) is 3.56. The molecule has 0 bridgehead atoms. The number of halogens is 1. The lowest BCUT2D eigenvalue weighted by Gasteiger charge is -2.26. The minimum atomic E-state index is -0.242. The van der Waals surface area contributed by atoms with Crippen LogP contribution in [0.4, 0.5) is 4.39 Å². The van der Waals surface area contributed by atoms with Crippen LogP contribution in [0.15, 0.2) is 18.2 Å². The van der Waals surface area contributed by atoms with Gasteiger partial charge in [0.1, 0.15) is 10.8 Å². The Bertz CT molecular complexity index is 446. The first kappa shape index (κ1) is 16.1. The maximum absolute atomic E-state index is 14.0. The van der Waals surface area contributed by atoms with E-state index in [1.54, 1.807) is 12.1 Å². The first-order valence-corrected chi connectivity index (χ1v) is 7.00. The standard InChI is InChI=1S/C15H23FN2S/c1-10(2)7-11(3)18(4)9-13-6-5-12(15(17)19)8-14(13)16/h5-6,8,10-11H,7,9H2,1-4H3,(H2,17,19). The van der Waals surface area contributed by atoms with Crippen LogP contribution in [0.3, 0.4) is 0 Å². The summed E-state index contributed by atoms with van der Waals surface area (Å²) >= 11 is 4.84. The molecule has 1 unspecified atom stereocenters. The second-order valence-corrected chi connectivity index (χ2v) is 6.00. The van der Waals surface area contributed by atoms with Crippen molar-refractivity contribution >= 4 is 17.2 Å². The molecule has 0 saturated heterocycles. The van der Waals surface area contributed by atoms with Gasteiger partial charge in [0, 0.05) is 23.7 Å². The fourth-order valence-electron chi connectivity index (χ4n) is 2.12. The average Bonchev–Trinajstić information content (AvgIpc) is 2.30. The predicted molar refractivity (Wildman–Crippen MR) is 82.7 cm³/mol. The molecule has 0 aromatic heterocycles. The van der Waals surface area contributed by atoms with Crippen LogP contribution >= 0.6 is 12.2 Å². The van der Waals surface area contributed by atoms with Crippen LogP contribution in [0.2, 0.25) is 0 Å². The lowest BCUT2D eigenvalue weighted by molar-refractivity contribution is 0.218. The summed E-state index contributed by atoms with van der Waals surface area (Å²) in [5, 5.41) is 0. The van der Waals surface area contributed by atoms with Gasteiger partial charge < -0.3 is 5.73 Å². The van der Waals surface area contributed by atoms with Crippen molar-refractivity contribution in [3.63, 3.8) is 0 Å². The zero-order valence-corrected chi connectivity index (χ0v) is 12.9. The van der Waals surface area contributed by atoms with Crippen molar-refractivity contribution < 1.29 is 4.39 Å². The minimum Gasteiger partial charge on any atom is -0.389 e. The summed E-state index contributed by atoms with van der Waals surface area (Å²) in [7, 11) is 2.02. The molecule has 0 amide bonds. The van der Waals surface area contributed by atoms with Gasteiger partial charge in [-0.2, -0.15) is 0 Å². The molecule has 0 aliphatic carbocycles. The summed E-state index contributed by atoms with van der Waals surface area (Å²) in [6, 6.07) is 5.39. The molecule has 1 aromatic rings. The fourth-order valence-corrected chi connectivity index (χ4v) is 2.24. The summed E-state index contributed by atoms with van der Waals surface area (Å²) in [5.74, 6) is 0.396. The van der Waals surface area contributed by atoms with Crippen LogP contribution in [0, 0.1) is 11.7 Å². The van der Waals surface area contributed by atoms with Gasteiger partial charge in [0.05, 0.1) is 0 Å². The zero-order chi connectivity index (χ0) is 14.6. The molecule has 2 N–H and O–H groups in total. The molecule has 106 valence electrons. The van der Waals surface area contributed by atoms with Crippen molar-refractivity contribution in [1.82, 2.24) is 4.90 Å². The molecule has 0 radical (unpaired) electrons. The second kappa shape index (κ2) is 6.96. The van der Waals surface area contributed by atoms with Crippen molar-refractivity contribution in [2.24, 2.45) is 11.7 Å². The van der Waals surface area contributed by atoms with Crippen LogP contribution < -0.4 is 5.73 Å². The first-order valence-electron chi connectivity index (χ1n) is 6.59. The summed E-state index contributed by atoms with van der Waals surface area (Å²) in [6.07, 6.45) is 1.10. The predicted octanol–water partition coefficient (Wildman–Crippen LogP) is 3.33. The van der Waals surface area contributed by atoms with Gasteiger partial charge in [-0.15, -0.1) is 0 Å². The SMILES string of the molecule is CC(C)CC(C)N(C)Cc1ccc(C(N)=S)cc1F. The van der Waals surface area contributed by atoms with Crippen LogP contribution in [0.1, 0.15) is 38.3 Å². The smallest absolute Gasteiger partial charge is 0.128 e. The van der Waals surface area contributed by atoms with Gasteiger partial charge in [-0.05, 0) is 32.4 Å². The third kappa shape index (κ3) is 4.88. The van der Waals surface area contributed by atoms with Crippen molar-refractivity contribution in [3.05, 3.63) is 35.1 Å². The lowest BCUT2D eigenvalue weighted by atomic mass is 10.0. The molecule has 4 heteroatoms. The summed E-state index contributed by atoms with van der Waals surface area (Å²) < 4.78 is 14.0. The van der Waals surface area contributed by atoms with E-state index < -0.39 is 0 Å².